The van der Waals surface area contributed by atoms with Crippen LogP contribution in [0.2, 0.25) is 0 Å². The summed E-state index contributed by atoms with van der Waals surface area (Å²) in [6, 6.07) is 0. The molecule has 0 nitrogen and oxygen atoms in total. The molecule has 0 amide bonds. The predicted octanol–water partition coefficient (Wildman–Crippen LogP) is 8.52. The van der Waals surface area contributed by atoms with Crippen LogP contribution in [0.3, 0.4) is 0 Å². The van der Waals surface area contributed by atoms with Crippen LogP contribution in [0.1, 0.15) is 62.3 Å². The monoisotopic (exact) mass is 408 g/mol. The van der Waals surface area contributed by atoms with Gasteiger partial charge in [-0.15, -0.1) is 0 Å². The third-order valence-corrected chi connectivity index (χ3v) is 8.49. The quantitative estimate of drug-likeness (QED) is 0.377. The van der Waals surface area contributed by atoms with Gasteiger partial charge < -0.3 is 0 Å². The van der Waals surface area contributed by atoms with Crippen LogP contribution in [-0.2, 0) is 0 Å². The third-order valence-electron chi connectivity index (χ3n) is 8.49. The number of rotatable bonds is 0. The molecule has 5 aliphatic carbocycles. The lowest BCUT2D eigenvalue weighted by molar-refractivity contribution is 0.242. The molecule has 0 aromatic heterocycles. The van der Waals surface area contributed by atoms with E-state index in [4.69, 9.17) is 0 Å². The topological polar surface area (TPSA) is 0 Å². The van der Waals surface area contributed by atoms with Gasteiger partial charge in [-0.2, -0.15) is 0 Å². The zero-order valence-electron chi connectivity index (χ0n) is 20.7. The molecule has 0 aromatic rings. The summed E-state index contributed by atoms with van der Waals surface area (Å²) >= 11 is 0. The second-order valence-corrected chi connectivity index (χ2v) is 12.2. The maximum Gasteiger partial charge on any atom is 0.0315 e. The van der Waals surface area contributed by atoms with Crippen LogP contribution in [0.4, 0.5) is 0 Å². The normalized spacial score (nSPS) is 32.6. The van der Waals surface area contributed by atoms with E-state index in [1.54, 1.807) is 0 Å². The Kier molecular flexibility index (Phi) is 3.92. The van der Waals surface area contributed by atoms with Gasteiger partial charge in [-0.05, 0) is 67.9 Å². The molecule has 31 heavy (non-hydrogen) atoms. The Labute approximate surface area is 188 Å². The average Bonchev–Trinajstić information content (AvgIpc) is 3.08. The van der Waals surface area contributed by atoms with E-state index < -0.39 is 0 Å². The molecule has 0 saturated carbocycles. The second-order valence-electron chi connectivity index (χ2n) is 12.2. The zero-order chi connectivity index (χ0) is 22.6. The summed E-state index contributed by atoms with van der Waals surface area (Å²) in [4.78, 5) is 0. The molecule has 0 bridgehead atoms. The first kappa shape index (κ1) is 20.6. The Bertz CT molecular complexity index is 1190. The van der Waals surface area contributed by atoms with Gasteiger partial charge in [0.25, 0.3) is 0 Å². The SMILES string of the molecule is C/C=C1/C=CC2=C3C=C(C(C)(C)C)C=C4C=CC5=CC(C(C)(C)C)=CC(=C21)[C@]5(C)[C@]43C. The number of fused-ring (bicyclic) bond motifs is 1. The lowest BCUT2D eigenvalue weighted by Crippen LogP contribution is -2.49. The van der Waals surface area contributed by atoms with Crippen molar-refractivity contribution in [3.05, 3.63) is 105 Å². The first-order chi connectivity index (χ1) is 14.3. The van der Waals surface area contributed by atoms with E-state index in [0.717, 1.165) is 0 Å². The smallest absolute Gasteiger partial charge is 0.0315 e. The molecule has 0 radical (unpaired) electrons. The van der Waals surface area contributed by atoms with Crippen molar-refractivity contribution in [2.45, 2.75) is 62.3 Å². The number of hydrogen-bond acceptors (Lipinski definition) is 0. The van der Waals surface area contributed by atoms with E-state index in [1.165, 1.54) is 50.2 Å². The number of hydrogen-bond donors (Lipinski definition) is 0. The van der Waals surface area contributed by atoms with Crippen LogP contribution < -0.4 is 0 Å². The fourth-order valence-corrected chi connectivity index (χ4v) is 6.14. The van der Waals surface area contributed by atoms with Crippen molar-refractivity contribution in [1.29, 1.82) is 0 Å². The second kappa shape index (κ2) is 5.91. The largest absolute Gasteiger partial charge is 0.0798 e. The fourth-order valence-electron chi connectivity index (χ4n) is 6.14. The van der Waals surface area contributed by atoms with Gasteiger partial charge in [0, 0.05) is 10.8 Å². The first-order valence-electron chi connectivity index (χ1n) is 11.7. The molecule has 0 unspecified atom stereocenters. The van der Waals surface area contributed by atoms with Gasteiger partial charge in [0.1, 0.15) is 0 Å². The molecule has 5 aliphatic rings. The number of allylic oxidation sites excluding steroid dienone is 18. The van der Waals surface area contributed by atoms with Gasteiger partial charge in [0.05, 0.1) is 0 Å². The van der Waals surface area contributed by atoms with Crippen LogP contribution >= 0.6 is 0 Å². The molecular formula is C31H36. The highest BCUT2D eigenvalue weighted by Crippen LogP contribution is 2.69. The molecule has 0 heterocycles. The zero-order valence-corrected chi connectivity index (χ0v) is 20.7. The van der Waals surface area contributed by atoms with Crippen LogP contribution in [0.25, 0.3) is 0 Å². The van der Waals surface area contributed by atoms with Crippen molar-refractivity contribution in [1.82, 2.24) is 0 Å². The first-order valence-corrected chi connectivity index (χ1v) is 11.7. The van der Waals surface area contributed by atoms with Gasteiger partial charge in [-0.1, -0.05) is 110 Å². The lowest BCUT2D eigenvalue weighted by Gasteiger charge is -2.58. The Balaban J connectivity index is 1.95. The summed E-state index contributed by atoms with van der Waals surface area (Å²) in [7, 11) is 0. The Hall–Kier alpha value is -2.34. The van der Waals surface area contributed by atoms with Crippen molar-refractivity contribution in [2.24, 2.45) is 21.7 Å². The van der Waals surface area contributed by atoms with Crippen LogP contribution in [0.15, 0.2) is 105 Å². The van der Waals surface area contributed by atoms with Crippen molar-refractivity contribution in [2.75, 3.05) is 0 Å². The molecule has 0 aromatic carbocycles. The predicted molar refractivity (Wildman–Crippen MR) is 134 cm³/mol. The van der Waals surface area contributed by atoms with E-state index in [2.05, 4.69) is 117 Å². The van der Waals surface area contributed by atoms with Crippen molar-refractivity contribution < 1.29 is 0 Å². The van der Waals surface area contributed by atoms with Crippen LogP contribution in [-0.4, -0.2) is 0 Å². The standard InChI is InChI=1S/C31H36/c1-10-19-11-14-24-25-17-22(28(2,3)4)15-20-12-13-21-16-23(29(5,6)7)18-26(27(19)24)31(21,9)30(20,25)8/h10-18H,1-9H3/b19-10-/t30-,31-/m1/s1. The molecule has 0 heteroatoms. The van der Waals surface area contributed by atoms with Gasteiger partial charge >= 0.3 is 0 Å². The fraction of sp³-hybridized carbons (Fsp3) is 0.419. The highest BCUT2D eigenvalue weighted by atomic mass is 14.6. The van der Waals surface area contributed by atoms with Crippen molar-refractivity contribution in [3.8, 4) is 0 Å². The van der Waals surface area contributed by atoms with E-state index in [9.17, 15) is 0 Å². The van der Waals surface area contributed by atoms with E-state index >= 15 is 0 Å². The highest BCUT2D eigenvalue weighted by Gasteiger charge is 2.59. The van der Waals surface area contributed by atoms with E-state index in [0.29, 0.717) is 0 Å². The highest BCUT2D eigenvalue weighted by molar-refractivity contribution is 5.80. The summed E-state index contributed by atoms with van der Waals surface area (Å²) in [5.74, 6) is 0. The molecule has 0 N–H and O–H groups in total. The molecule has 0 saturated heterocycles. The van der Waals surface area contributed by atoms with Gasteiger partial charge in [-0.25, -0.2) is 0 Å². The Morgan fingerprint density at radius 2 is 1.13 bits per heavy atom. The summed E-state index contributed by atoms with van der Waals surface area (Å²) in [6.45, 7) is 21.1. The maximum absolute atomic E-state index is 2.52. The summed E-state index contributed by atoms with van der Waals surface area (Å²) in [5.41, 5.74) is 13.1. The molecular weight excluding hydrogens is 372 g/mol. The van der Waals surface area contributed by atoms with Gasteiger partial charge in [0.2, 0.25) is 0 Å². The molecule has 5 rings (SSSR count). The maximum atomic E-state index is 2.52. The van der Waals surface area contributed by atoms with Crippen LogP contribution in [0.5, 0.6) is 0 Å². The van der Waals surface area contributed by atoms with E-state index in [1.807, 2.05) is 0 Å². The summed E-state index contributed by atoms with van der Waals surface area (Å²) in [6.07, 6.45) is 21.8. The minimum absolute atomic E-state index is 0.0655. The molecule has 2 atom stereocenters. The minimum atomic E-state index is -0.0727. The van der Waals surface area contributed by atoms with Crippen LogP contribution in [0, 0.1) is 21.7 Å². The molecule has 0 spiro atoms. The minimum Gasteiger partial charge on any atom is -0.0798 e. The van der Waals surface area contributed by atoms with Crippen molar-refractivity contribution in [3.63, 3.8) is 0 Å². The average molecular weight is 409 g/mol. The summed E-state index contributed by atoms with van der Waals surface area (Å²) < 4.78 is 0. The van der Waals surface area contributed by atoms with Crippen molar-refractivity contribution >= 4 is 0 Å². The van der Waals surface area contributed by atoms with Gasteiger partial charge in [0.15, 0.2) is 0 Å². The Morgan fingerprint density at radius 1 is 0.645 bits per heavy atom. The molecule has 160 valence electrons. The van der Waals surface area contributed by atoms with E-state index in [-0.39, 0.29) is 21.7 Å². The summed E-state index contributed by atoms with van der Waals surface area (Å²) in [5, 5.41) is 0. The third kappa shape index (κ3) is 2.43. The molecule has 0 aliphatic heterocycles. The molecule has 0 fully saturated rings. The van der Waals surface area contributed by atoms with Gasteiger partial charge in [-0.3, -0.25) is 0 Å². The lowest BCUT2D eigenvalue weighted by atomic mass is 9.44. The Morgan fingerprint density at radius 3 is 1.61 bits per heavy atom.